The Kier molecular flexibility index (Phi) is 31.5. The molecule has 0 heterocycles. The van der Waals surface area contributed by atoms with Gasteiger partial charge in [0.15, 0.2) is 0 Å². The number of rotatable bonds is 1. The third-order valence-corrected chi connectivity index (χ3v) is 2.12. The van der Waals surface area contributed by atoms with E-state index in [1.54, 1.807) is 6.92 Å². The first kappa shape index (κ1) is 16.0. The van der Waals surface area contributed by atoms with E-state index in [0.29, 0.717) is 0 Å². The van der Waals surface area contributed by atoms with Gasteiger partial charge in [0.2, 0.25) is 0 Å². The summed E-state index contributed by atoms with van der Waals surface area (Å²) < 4.78 is 0. The first-order valence-corrected chi connectivity index (χ1v) is 5.47. The standard InChI is InChI=1S/C4H11Si.C2H5.Sc/c1-4-5(2)3;1-2;/h4H2,1-3H3;1H2,2H3;/q;-1;. The minimum atomic E-state index is 0. The summed E-state index contributed by atoms with van der Waals surface area (Å²) in [4.78, 5) is 0. The predicted molar refractivity (Wildman–Crippen MR) is 39.0 cm³/mol. The van der Waals surface area contributed by atoms with E-state index >= 15 is 0 Å². The van der Waals surface area contributed by atoms with Gasteiger partial charge in [0.1, 0.15) is 0 Å². The summed E-state index contributed by atoms with van der Waals surface area (Å²) in [6, 6.07) is 1.41. The summed E-state index contributed by atoms with van der Waals surface area (Å²) in [5.74, 6) is 0. The molecule has 0 atom stereocenters. The van der Waals surface area contributed by atoms with Gasteiger partial charge in [-0.2, -0.15) is 6.92 Å². The van der Waals surface area contributed by atoms with Crippen LogP contribution in [0.15, 0.2) is 0 Å². The van der Waals surface area contributed by atoms with Gasteiger partial charge in [-0.3, -0.25) is 0 Å². The molecule has 0 N–H and O–H groups in total. The average Bonchev–Trinajstić information content (AvgIpc) is 1.73. The zero-order valence-corrected chi connectivity index (χ0v) is 9.29. The van der Waals surface area contributed by atoms with Crippen molar-refractivity contribution in [2.45, 2.75) is 33.0 Å². The molecule has 2 radical (unpaired) electrons. The van der Waals surface area contributed by atoms with E-state index in [4.69, 9.17) is 0 Å². The molecule has 0 aromatic heterocycles. The van der Waals surface area contributed by atoms with E-state index in [-0.39, 0.29) is 34.6 Å². The van der Waals surface area contributed by atoms with Crippen molar-refractivity contribution in [1.82, 2.24) is 0 Å². The van der Waals surface area contributed by atoms with Crippen molar-refractivity contribution in [1.29, 1.82) is 0 Å². The number of hydrogen-bond donors (Lipinski definition) is 0. The third-order valence-electron chi connectivity index (χ3n) is 0.707. The molecule has 0 saturated carbocycles. The van der Waals surface area contributed by atoms with Gasteiger partial charge < -0.3 is 6.92 Å². The van der Waals surface area contributed by atoms with Crippen molar-refractivity contribution in [3.8, 4) is 0 Å². The molecule has 2 heteroatoms. The zero-order chi connectivity index (χ0) is 6.28. The topological polar surface area (TPSA) is 0 Å². The second-order valence-electron chi connectivity index (χ2n) is 1.56. The predicted octanol–water partition coefficient (Wildman–Crippen LogP) is 2.60. The van der Waals surface area contributed by atoms with Gasteiger partial charge >= 0.3 is 0 Å². The van der Waals surface area contributed by atoms with Crippen LogP contribution in [0.4, 0.5) is 0 Å². The van der Waals surface area contributed by atoms with Crippen LogP contribution in [0.2, 0.25) is 19.1 Å². The van der Waals surface area contributed by atoms with Crippen LogP contribution in [0.25, 0.3) is 0 Å². The van der Waals surface area contributed by atoms with E-state index in [1.165, 1.54) is 6.04 Å². The summed E-state index contributed by atoms with van der Waals surface area (Å²) in [5.41, 5.74) is 0. The van der Waals surface area contributed by atoms with Gasteiger partial charge in [-0.1, -0.05) is 26.1 Å². The van der Waals surface area contributed by atoms with Gasteiger partial charge in [-0.25, -0.2) is 0 Å². The Morgan fingerprint density at radius 2 is 1.38 bits per heavy atom. The first-order valence-electron chi connectivity index (χ1n) is 2.77. The fourth-order valence-corrected chi connectivity index (χ4v) is 0. The molecule has 0 fully saturated rings. The number of hydrogen-bond acceptors (Lipinski definition) is 0. The molecule has 0 amide bonds. The molecule has 0 aromatic rings. The van der Waals surface area contributed by atoms with E-state index in [0.717, 1.165) is 0 Å². The van der Waals surface area contributed by atoms with Gasteiger partial charge in [0.25, 0.3) is 0 Å². The SMILES string of the molecule is CC[Si](C)C.[CH2-]C.[Sc]. The van der Waals surface area contributed by atoms with E-state index in [1.807, 2.05) is 0 Å². The monoisotopic (exact) mass is 161 g/mol. The second-order valence-corrected chi connectivity index (χ2v) is 4.68. The Bertz CT molecular complexity index is 22.5. The summed E-state index contributed by atoms with van der Waals surface area (Å²) in [5, 5.41) is 0. The molecule has 0 spiro atoms. The average molecular weight is 161 g/mol. The Balaban J connectivity index is -0.0000000750. The maximum Gasteiger partial charge on any atom is 0.0410 e. The molecule has 0 unspecified atom stereocenters. The molecule has 0 aromatic carbocycles. The minimum absolute atomic E-state index is 0. The summed E-state index contributed by atoms with van der Waals surface area (Å²) in [6.45, 7) is 11.9. The van der Waals surface area contributed by atoms with Gasteiger partial charge in [0, 0.05) is 34.6 Å². The van der Waals surface area contributed by atoms with Crippen molar-refractivity contribution in [3.05, 3.63) is 6.92 Å². The van der Waals surface area contributed by atoms with E-state index in [9.17, 15) is 0 Å². The van der Waals surface area contributed by atoms with Crippen LogP contribution in [0.1, 0.15) is 13.8 Å². The fraction of sp³-hybridized carbons (Fsp3) is 0.833. The largest absolute Gasteiger partial charge is 0.346 e. The summed E-state index contributed by atoms with van der Waals surface area (Å²) in [7, 11) is 0.126. The smallest absolute Gasteiger partial charge is 0.0410 e. The first-order chi connectivity index (χ1) is 3.27. The normalized spacial score (nSPS) is 6.75. The van der Waals surface area contributed by atoms with Crippen LogP contribution in [-0.4, -0.2) is 8.80 Å². The minimum Gasteiger partial charge on any atom is -0.346 e. The summed E-state index contributed by atoms with van der Waals surface area (Å²) in [6.07, 6.45) is 0. The quantitative estimate of drug-likeness (QED) is 0.409. The maximum atomic E-state index is 3.25. The molecule has 0 rings (SSSR count). The van der Waals surface area contributed by atoms with Gasteiger partial charge in [-0.05, 0) is 0 Å². The van der Waals surface area contributed by atoms with E-state index in [2.05, 4.69) is 26.9 Å². The van der Waals surface area contributed by atoms with Crippen LogP contribution in [0.3, 0.4) is 0 Å². The van der Waals surface area contributed by atoms with Crippen molar-refractivity contribution in [2.24, 2.45) is 0 Å². The van der Waals surface area contributed by atoms with Crippen LogP contribution >= 0.6 is 0 Å². The van der Waals surface area contributed by atoms with Gasteiger partial charge in [-0.15, -0.1) is 0 Å². The molecule has 48 valence electrons. The molecule has 0 aliphatic heterocycles. The van der Waals surface area contributed by atoms with Crippen molar-refractivity contribution < 1.29 is 25.8 Å². The Hall–Kier alpha value is 1.09. The van der Waals surface area contributed by atoms with Crippen molar-refractivity contribution in [3.63, 3.8) is 0 Å². The van der Waals surface area contributed by atoms with Crippen LogP contribution < -0.4 is 0 Å². The summed E-state index contributed by atoms with van der Waals surface area (Å²) >= 11 is 0. The Labute approximate surface area is 74.5 Å². The third kappa shape index (κ3) is 27.6. The Morgan fingerprint density at radius 1 is 1.25 bits per heavy atom. The van der Waals surface area contributed by atoms with Crippen molar-refractivity contribution in [2.75, 3.05) is 0 Å². The van der Waals surface area contributed by atoms with Crippen molar-refractivity contribution >= 4 is 8.80 Å². The molecule has 0 aliphatic rings. The molecule has 0 nitrogen and oxygen atoms in total. The molecule has 8 heavy (non-hydrogen) atoms. The molecule has 0 aliphatic carbocycles. The van der Waals surface area contributed by atoms with E-state index < -0.39 is 0 Å². The molecular formula is C6H16ScSi-. The molecule has 0 saturated heterocycles. The Morgan fingerprint density at radius 3 is 1.38 bits per heavy atom. The van der Waals surface area contributed by atoms with Gasteiger partial charge in [0.05, 0.1) is 0 Å². The zero-order valence-electron chi connectivity index (χ0n) is 6.49. The molecule has 0 bridgehead atoms. The van der Waals surface area contributed by atoms with Crippen LogP contribution in [0.5, 0.6) is 0 Å². The molecular weight excluding hydrogens is 145 g/mol. The van der Waals surface area contributed by atoms with Crippen LogP contribution in [0, 0.1) is 6.92 Å². The maximum absolute atomic E-state index is 3.25. The van der Waals surface area contributed by atoms with Crippen LogP contribution in [-0.2, 0) is 25.8 Å². The fourth-order valence-electron chi connectivity index (χ4n) is 0. The second kappa shape index (κ2) is 15.7.